The average Bonchev–Trinajstić information content (AvgIpc) is 2.09. The van der Waals surface area contributed by atoms with Crippen LogP contribution in [0.25, 0.3) is 0 Å². The smallest absolute Gasteiger partial charge is 0.141 e. The Balaban J connectivity index is -0.00000000735. The van der Waals surface area contributed by atoms with Crippen LogP contribution in [0.2, 0.25) is 0 Å². The Morgan fingerprint density at radius 1 is 0.350 bits per heavy atom. The van der Waals surface area contributed by atoms with Gasteiger partial charge in [0.05, 0.1) is 0 Å². The van der Waals surface area contributed by atoms with Crippen molar-refractivity contribution in [3.63, 3.8) is 0 Å². The molecule has 5 radical (unpaired) electrons. The molecular formula is H5F10O5S5. The van der Waals surface area contributed by atoms with Gasteiger partial charge in [0.15, 0.2) is 0 Å². The predicted octanol–water partition coefficient (Wildman–Crippen LogP) is 5.76. The van der Waals surface area contributed by atoms with Crippen molar-refractivity contribution in [3.8, 4) is 0 Å². The number of hydrogen-bond acceptors (Lipinski definition) is 5. The van der Waals surface area contributed by atoms with E-state index in [2.05, 4.69) is 86.5 Å². The van der Waals surface area contributed by atoms with E-state index in [9.17, 15) is 22.6 Å². The number of halogens is 10. The third-order valence-corrected chi connectivity index (χ3v) is 0. The van der Waals surface area contributed by atoms with Gasteiger partial charge in [0.25, 0.3) is 0 Å². The molecule has 0 fully saturated rings. The van der Waals surface area contributed by atoms with Gasteiger partial charge in [-0.2, -0.15) is 0 Å². The molecule has 0 heterocycles. The van der Waals surface area contributed by atoms with E-state index in [-0.39, 0.29) is 23.5 Å². The van der Waals surface area contributed by atoms with Gasteiger partial charge < -0.3 is 0 Å². The summed E-state index contributed by atoms with van der Waals surface area (Å²) in [5, 5.41) is 0. The molecule has 0 amide bonds. The Labute approximate surface area is 133 Å². The van der Waals surface area contributed by atoms with Gasteiger partial charge in [0.1, 0.15) is 64.5 Å². The lowest BCUT2D eigenvalue weighted by Crippen LogP contribution is -1.22. The molecule has 0 aliphatic heterocycles. The Morgan fingerprint density at radius 2 is 0.350 bits per heavy atom. The fraction of sp³-hybridized carbons (Fsp3) is 0. The van der Waals surface area contributed by atoms with Crippen LogP contribution in [0.3, 0.4) is 0 Å². The summed E-state index contributed by atoms with van der Waals surface area (Å²) in [4.78, 5) is 0. The molecule has 0 saturated heterocycles. The third kappa shape index (κ3) is 8310. The largest absolute Gasteiger partial charge is 0.269 e. The lowest BCUT2D eigenvalue weighted by molar-refractivity contribution is 0.0275. The Bertz CT molecular complexity index is 41.6. The van der Waals surface area contributed by atoms with Gasteiger partial charge >= 0.3 is 0 Å². The first-order valence-corrected chi connectivity index (χ1v) is 3.27. The molecule has 0 aromatic rings. The molecular weight excluding hydrogens is 430 g/mol. The lowest BCUT2D eigenvalue weighted by Gasteiger charge is -1.45. The normalized spacial score (nSPS) is 4.50. The molecule has 0 aliphatic rings. The lowest BCUT2D eigenvalue weighted by atomic mass is 15.6. The van der Waals surface area contributed by atoms with Crippen molar-refractivity contribution in [2.75, 3.05) is 0 Å². The Kier molecular flexibility index (Phi) is 719. The van der Waals surface area contributed by atoms with Crippen LogP contribution in [0.1, 0.15) is 0 Å². The fourth-order valence-corrected chi connectivity index (χ4v) is 0. The van der Waals surface area contributed by atoms with Crippen LogP contribution in [0, 0.1) is 0 Å². The minimum Gasteiger partial charge on any atom is -0.269 e. The van der Waals surface area contributed by atoms with Crippen LogP contribution in [-0.2, 0) is 21.9 Å². The van der Waals surface area contributed by atoms with Crippen molar-refractivity contribution in [2.24, 2.45) is 0 Å². The minimum absolute atomic E-state index is 0. The highest BCUT2D eigenvalue weighted by atomic mass is 32.1. The summed E-state index contributed by atoms with van der Waals surface area (Å²) in [6.45, 7) is 0. The monoisotopic (exact) mass is 435 g/mol. The molecule has 0 rings (SSSR count). The first kappa shape index (κ1) is 69.8. The van der Waals surface area contributed by atoms with E-state index < -0.39 is 0 Å². The Morgan fingerprint density at radius 3 is 0.350 bits per heavy atom. The first-order chi connectivity index (χ1) is 7.07. The van der Waals surface area contributed by atoms with Crippen molar-refractivity contribution >= 4 is 64.5 Å². The summed E-state index contributed by atoms with van der Waals surface area (Å²) in [6.07, 6.45) is 0. The quantitative estimate of drug-likeness (QED) is 0.453. The van der Waals surface area contributed by atoms with E-state index in [1.165, 1.54) is 0 Å². The molecule has 0 bridgehead atoms. The topological polar surface area (TPSA) is 46.2 Å². The summed E-state index contributed by atoms with van der Waals surface area (Å²) < 4.78 is 59.7. The van der Waals surface area contributed by atoms with Gasteiger partial charge in [-0.05, 0) is 22.6 Å². The van der Waals surface area contributed by atoms with Gasteiger partial charge in [0.2, 0.25) is 0 Å². The van der Waals surface area contributed by atoms with E-state index in [0.717, 1.165) is 0 Å². The maximum atomic E-state index is 9.61. The van der Waals surface area contributed by atoms with Gasteiger partial charge in [-0.25, -0.2) is 0 Å². The standard InChI is InChI=1S/5FOS.5FH/c5*1-2-3;;;;;/h;;;;;5*1H. The molecule has 5 nitrogen and oxygen atoms in total. The van der Waals surface area contributed by atoms with Gasteiger partial charge in [-0.1, -0.05) is 0 Å². The molecule has 0 saturated carbocycles. The predicted molar refractivity (Wildman–Crippen MR) is 61.4 cm³/mol. The zero-order valence-corrected chi connectivity index (χ0v) is 12.1. The fourth-order valence-electron chi connectivity index (χ4n) is 0. The van der Waals surface area contributed by atoms with Crippen molar-refractivity contribution < 1.29 is 68.1 Å². The van der Waals surface area contributed by atoms with Crippen LogP contribution in [0.15, 0.2) is 0 Å². The van der Waals surface area contributed by atoms with E-state index in [1.807, 2.05) is 0 Å². The van der Waals surface area contributed by atoms with Crippen LogP contribution in [0.4, 0.5) is 46.2 Å². The molecule has 20 heavy (non-hydrogen) atoms. The highest BCUT2D eigenvalue weighted by Crippen LogP contribution is 1.70. The highest BCUT2D eigenvalue weighted by Gasteiger charge is 1.41. The maximum Gasteiger partial charge on any atom is 0.141 e. The second kappa shape index (κ2) is 206. The van der Waals surface area contributed by atoms with E-state index in [4.69, 9.17) is 0 Å². The molecule has 0 unspecified atom stereocenters. The van der Waals surface area contributed by atoms with E-state index >= 15 is 0 Å². The summed E-state index contributed by atoms with van der Waals surface area (Å²) in [5.41, 5.74) is 0. The minimum atomic E-state index is 0. The van der Waals surface area contributed by atoms with Crippen LogP contribution in [0.5, 0.6) is 0 Å². The summed E-state index contributed by atoms with van der Waals surface area (Å²) in [5.74, 6) is 0. The summed E-state index contributed by atoms with van der Waals surface area (Å²) >= 11 is 16.1. The van der Waals surface area contributed by atoms with E-state index in [0.29, 0.717) is 0 Å². The molecule has 20 heteroatoms. The van der Waals surface area contributed by atoms with Crippen LogP contribution < -0.4 is 0 Å². The molecule has 0 aliphatic carbocycles. The van der Waals surface area contributed by atoms with Gasteiger partial charge in [-0.3, -0.25) is 23.5 Å². The molecule has 0 N–H and O–H groups in total. The average molecular weight is 435 g/mol. The zero-order valence-electron chi connectivity index (χ0n) is 8.01. The Hall–Kier alpha value is 0.850. The van der Waals surface area contributed by atoms with E-state index in [1.54, 1.807) is 0 Å². The van der Waals surface area contributed by atoms with Crippen LogP contribution in [-0.4, -0.2) is 0 Å². The van der Waals surface area contributed by atoms with Crippen molar-refractivity contribution in [2.45, 2.75) is 0 Å². The van der Waals surface area contributed by atoms with Crippen LogP contribution >= 0.6 is 64.5 Å². The molecule has 0 aromatic heterocycles. The van der Waals surface area contributed by atoms with Gasteiger partial charge in [-0.15, -0.1) is 21.9 Å². The van der Waals surface area contributed by atoms with Crippen molar-refractivity contribution in [1.29, 1.82) is 0 Å². The summed E-state index contributed by atoms with van der Waals surface area (Å²) in [6, 6.07) is 0. The maximum absolute atomic E-state index is 9.61. The highest BCUT2D eigenvalue weighted by molar-refractivity contribution is 7.75. The van der Waals surface area contributed by atoms with Crippen molar-refractivity contribution in [3.05, 3.63) is 0 Å². The number of rotatable bonds is 0. The molecule has 0 atom stereocenters. The first-order valence-electron chi connectivity index (χ1n) is 1.60. The number of hydrogen-bond donors (Lipinski definition) is 0. The van der Waals surface area contributed by atoms with Gasteiger partial charge in [0, 0.05) is 0 Å². The summed E-state index contributed by atoms with van der Waals surface area (Å²) in [7, 11) is 0. The zero-order chi connectivity index (χ0) is 13.5. The molecule has 0 spiro atoms. The molecule has 135 valence electrons. The third-order valence-electron chi connectivity index (χ3n) is 0. The van der Waals surface area contributed by atoms with Crippen molar-refractivity contribution in [1.82, 2.24) is 0 Å². The SMILES string of the molecule is F.F.F.F.F.FO[S].FO[S].FO[S].FO[S].FO[S]. The molecule has 0 aromatic carbocycles. The second-order valence-electron chi connectivity index (χ2n) is 0.315. The second-order valence-corrected chi connectivity index (χ2v) is 0.945.